The Labute approximate surface area is 67.9 Å². The molecule has 0 saturated heterocycles. The summed E-state index contributed by atoms with van der Waals surface area (Å²) in [5, 5.41) is 7.60. The predicted molar refractivity (Wildman–Crippen MR) is 46.3 cm³/mol. The van der Waals surface area contributed by atoms with Crippen LogP contribution in [-0.2, 0) is 4.79 Å². The van der Waals surface area contributed by atoms with E-state index < -0.39 is 5.97 Å². The van der Waals surface area contributed by atoms with Crippen LogP contribution in [0.25, 0.3) is 0 Å². The van der Waals surface area contributed by atoms with E-state index in [0.717, 1.165) is 12.6 Å². The topological polar surface area (TPSA) is 63.3 Å². The average Bonchev–Trinajstić information content (AvgIpc) is 1.88. The van der Waals surface area contributed by atoms with Crippen molar-refractivity contribution < 1.29 is 9.90 Å². The summed E-state index contributed by atoms with van der Waals surface area (Å²) in [6.45, 7) is 10.1. The highest BCUT2D eigenvalue weighted by atomic mass is 16.4. The first-order valence-electron chi connectivity index (χ1n) is 3.39. The van der Waals surface area contributed by atoms with Gasteiger partial charge in [0.05, 0.1) is 0 Å². The molecule has 0 rings (SSSR count). The molecule has 0 aromatic rings. The molecule has 0 fully saturated rings. The van der Waals surface area contributed by atoms with Crippen LogP contribution in [0, 0.1) is 5.41 Å². The second-order valence-corrected chi connectivity index (χ2v) is 3.31. The summed E-state index contributed by atoms with van der Waals surface area (Å²) < 4.78 is 0. The molecule has 0 saturated carbocycles. The molecule has 0 aliphatic carbocycles. The number of nitrogens with two attached hydrogens (primary N) is 1. The monoisotopic (exact) mass is 159 g/mol. The van der Waals surface area contributed by atoms with Crippen molar-refractivity contribution in [2.24, 2.45) is 11.1 Å². The molecule has 3 heteroatoms. The number of carbonyl (C=O) groups is 1. The lowest BCUT2D eigenvalue weighted by molar-refractivity contribution is -0.131. The third-order valence-corrected chi connectivity index (χ3v) is 0.787. The van der Waals surface area contributed by atoms with Gasteiger partial charge in [0, 0.05) is 6.08 Å². The van der Waals surface area contributed by atoms with Gasteiger partial charge in [0.2, 0.25) is 0 Å². The minimum absolute atomic E-state index is 0.319. The zero-order valence-electron chi connectivity index (χ0n) is 7.42. The molecule has 0 heterocycles. The minimum Gasteiger partial charge on any atom is -0.478 e. The van der Waals surface area contributed by atoms with Gasteiger partial charge in [-0.2, -0.15) is 0 Å². The first-order valence-corrected chi connectivity index (χ1v) is 3.39. The van der Waals surface area contributed by atoms with Crippen LogP contribution >= 0.6 is 0 Å². The summed E-state index contributed by atoms with van der Waals surface area (Å²) in [7, 11) is 0. The van der Waals surface area contributed by atoms with Crippen LogP contribution in [-0.4, -0.2) is 17.6 Å². The van der Waals surface area contributed by atoms with Gasteiger partial charge in [0.25, 0.3) is 0 Å². The van der Waals surface area contributed by atoms with Crippen molar-refractivity contribution in [2.75, 3.05) is 6.54 Å². The summed E-state index contributed by atoms with van der Waals surface area (Å²) in [6.07, 6.45) is 0.833. The van der Waals surface area contributed by atoms with Crippen LogP contribution in [0.3, 0.4) is 0 Å². The molecule has 0 aromatic carbocycles. The van der Waals surface area contributed by atoms with Gasteiger partial charge < -0.3 is 10.8 Å². The average molecular weight is 159 g/mol. The number of carboxylic acids is 1. The summed E-state index contributed by atoms with van der Waals surface area (Å²) in [5.41, 5.74) is 5.62. The third kappa shape index (κ3) is 27.1. The third-order valence-electron chi connectivity index (χ3n) is 0.787. The Balaban J connectivity index is 0. The van der Waals surface area contributed by atoms with E-state index in [1.807, 2.05) is 0 Å². The Morgan fingerprint density at radius 3 is 1.82 bits per heavy atom. The molecular formula is C8H17NO2. The Morgan fingerprint density at radius 1 is 1.64 bits per heavy atom. The van der Waals surface area contributed by atoms with Crippen LogP contribution in [0.4, 0.5) is 0 Å². The number of aliphatic carboxylic acids is 1. The van der Waals surface area contributed by atoms with Crippen molar-refractivity contribution in [3.63, 3.8) is 0 Å². The molecule has 0 amide bonds. The Kier molecular flexibility index (Phi) is 6.89. The highest BCUT2D eigenvalue weighted by molar-refractivity contribution is 5.78. The zero-order chi connectivity index (χ0) is 9.49. The number of hydrogen-bond donors (Lipinski definition) is 2. The van der Waals surface area contributed by atoms with Crippen LogP contribution in [0.1, 0.15) is 20.8 Å². The fourth-order valence-electron chi connectivity index (χ4n) is 0. The fraction of sp³-hybridized carbons (Fsp3) is 0.625. The van der Waals surface area contributed by atoms with Crippen molar-refractivity contribution in [2.45, 2.75) is 20.8 Å². The van der Waals surface area contributed by atoms with Crippen LogP contribution in [0.2, 0.25) is 0 Å². The molecule has 0 aliphatic heterocycles. The molecule has 11 heavy (non-hydrogen) atoms. The minimum atomic E-state index is -0.981. The maximum Gasteiger partial charge on any atom is 0.327 e. The number of carboxylic acid groups (broad SMARTS) is 1. The Morgan fingerprint density at radius 2 is 1.82 bits per heavy atom. The van der Waals surface area contributed by atoms with Crippen molar-refractivity contribution in [3.8, 4) is 0 Å². The molecule has 3 nitrogen and oxygen atoms in total. The van der Waals surface area contributed by atoms with Crippen molar-refractivity contribution in [1.82, 2.24) is 0 Å². The van der Waals surface area contributed by atoms with E-state index in [1.54, 1.807) is 0 Å². The highest BCUT2D eigenvalue weighted by Crippen LogP contribution is 2.07. The fourth-order valence-corrected chi connectivity index (χ4v) is 0. The maximum atomic E-state index is 9.25. The molecular weight excluding hydrogens is 142 g/mol. The number of hydrogen-bond acceptors (Lipinski definition) is 2. The predicted octanol–water partition coefficient (Wildman–Crippen LogP) is 1.25. The van der Waals surface area contributed by atoms with E-state index in [1.165, 1.54) is 0 Å². The SMILES string of the molecule is C=CC(=O)O.CC(C)(C)CN. The van der Waals surface area contributed by atoms with Gasteiger partial charge in [-0.15, -0.1) is 0 Å². The largest absolute Gasteiger partial charge is 0.478 e. The Hall–Kier alpha value is -0.830. The van der Waals surface area contributed by atoms with E-state index >= 15 is 0 Å². The van der Waals surface area contributed by atoms with Gasteiger partial charge >= 0.3 is 5.97 Å². The second-order valence-electron chi connectivity index (χ2n) is 3.31. The molecule has 0 bridgehead atoms. The van der Waals surface area contributed by atoms with E-state index in [9.17, 15) is 4.79 Å². The second kappa shape index (κ2) is 5.92. The van der Waals surface area contributed by atoms with Crippen LogP contribution in [0.5, 0.6) is 0 Å². The standard InChI is InChI=1S/C5H13N.C3H4O2/c1-5(2,3)4-6;1-2-3(4)5/h4,6H2,1-3H3;2H,1H2,(H,4,5). The molecule has 0 aromatic heterocycles. The van der Waals surface area contributed by atoms with Crippen molar-refractivity contribution in [1.29, 1.82) is 0 Å². The lowest BCUT2D eigenvalue weighted by Gasteiger charge is -2.12. The lowest BCUT2D eigenvalue weighted by atomic mass is 9.98. The number of rotatable bonds is 1. The zero-order valence-corrected chi connectivity index (χ0v) is 7.42. The first kappa shape index (κ1) is 12.8. The van der Waals surface area contributed by atoms with E-state index in [4.69, 9.17) is 10.8 Å². The highest BCUT2D eigenvalue weighted by Gasteiger charge is 2.03. The summed E-state index contributed by atoms with van der Waals surface area (Å²) in [4.78, 5) is 9.25. The van der Waals surface area contributed by atoms with Gasteiger partial charge in [0.1, 0.15) is 0 Å². The first-order chi connectivity index (χ1) is 4.83. The summed E-state index contributed by atoms with van der Waals surface area (Å²) >= 11 is 0. The molecule has 0 spiro atoms. The van der Waals surface area contributed by atoms with E-state index in [0.29, 0.717) is 5.41 Å². The molecule has 3 N–H and O–H groups in total. The molecule has 66 valence electrons. The van der Waals surface area contributed by atoms with E-state index in [2.05, 4.69) is 27.4 Å². The molecule has 0 atom stereocenters. The lowest BCUT2D eigenvalue weighted by Crippen LogP contribution is -2.18. The summed E-state index contributed by atoms with van der Waals surface area (Å²) in [6, 6.07) is 0. The Bertz CT molecular complexity index is 125. The van der Waals surface area contributed by atoms with Gasteiger partial charge in [-0.25, -0.2) is 4.79 Å². The van der Waals surface area contributed by atoms with Crippen molar-refractivity contribution >= 4 is 5.97 Å². The molecule has 0 unspecified atom stereocenters. The van der Waals surface area contributed by atoms with E-state index in [-0.39, 0.29) is 0 Å². The van der Waals surface area contributed by atoms with Gasteiger partial charge in [-0.05, 0) is 12.0 Å². The van der Waals surface area contributed by atoms with Crippen molar-refractivity contribution in [3.05, 3.63) is 12.7 Å². The van der Waals surface area contributed by atoms with Gasteiger partial charge in [-0.1, -0.05) is 27.4 Å². The van der Waals surface area contributed by atoms with Gasteiger partial charge in [0.15, 0.2) is 0 Å². The smallest absolute Gasteiger partial charge is 0.327 e. The van der Waals surface area contributed by atoms with Crippen LogP contribution in [0.15, 0.2) is 12.7 Å². The molecule has 0 radical (unpaired) electrons. The van der Waals surface area contributed by atoms with Gasteiger partial charge in [-0.3, -0.25) is 0 Å². The molecule has 0 aliphatic rings. The quantitative estimate of drug-likeness (QED) is 0.566. The van der Waals surface area contributed by atoms with Crippen LogP contribution < -0.4 is 5.73 Å². The summed E-state index contributed by atoms with van der Waals surface area (Å²) in [5.74, 6) is -0.981. The maximum absolute atomic E-state index is 9.25. The normalized spacial score (nSPS) is 9.45.